The molecule has 312 valence electrons. The highest BCUT2D eigenvalue weighted by molar-refractivity contribution is 7.25. The second kappa shape index (κ2) is 14.1. The molecule has 5 heteroatoms. The van der Waals surface area contributed by atoms with E-state index in [0.717, 1.165) is 23.2 Å². The van der Waals surface area contributed by atoms with Gasteiger partial charge in [0.15, 0.2) is 0 Å². The summed E-state index contributed by atoms with van der Waals surface area (Å²) in [6, 6.07) is 75.8. The van der Waals surface area contributed by atoms with E-state index >= 15 is 0 Å². The first-order valence-corrected chi connectivity index (χ1v) is 24.6. The van der Waals surface area contributed by atoms with Gasteiger partial charge in [-0.2, -0.15) is 0 Å². The average Bonchev–Trinajstić information content (AvgIpc) is 4.18. The van der Waals surface area contributed by atoms with E-state index in [0.29, 0.717) is 5.92 Å². The first kappa shape index (κ1) is 36.9. The van der Waals surface area contributed by atoms with Gasteiger partial charge in [0.2, 0.25) is 0 Å². The highest BCUT2D eigenvalue weighted by Crippen LogP contribution is 2.54. The van der Waals surface area contributed by atoms with Crippen molar-refractivity contribution in [1.29, 1.82) is 0 Å². The van der Waals surface area contributed by atoms with Gasteiger partial charge in [-0.05, 0) is 155 Å². The van der Waals surface area contributed by atoms with E-state index in [-0.39, 0.29) is 6.71 Å². The zero-order valence-electron chi connectivity index (χ0n) is 36.4. The molecule has 4 aliphatic rings. The minimum Gasteiger partial charge on any atom is -0.311 e. The van der Waals surface area contributed by atoms with Crippen molar-refractivity contribution in [3.8, 4) is 16.8 Å². The zero-order valence-corrected chi connectivity index (χ0v) is 37.3. The van der Waals surface area contributed by atoms with Crippen LogP contribution in [0.25, 0.3) is 58.8 Å². The van der Waals surface area contributed by atoms with Crippen molar-refractivity contribution in [2.24, 2.45) is 11.8 Å². The summed E-state index contributed by atoms with van der Waals surface area (Å²) in [6.45, 7) is 0.00522. The monoisotopic (exact) mass is 861 g/mol. The van der Waals surface area contributed by atoms with Crippen molar-refractivity contribution in [2.75, 3.05) is 9.80 Å². The normalized spacial score (nSPS) is 18.1. The zero-order chi connectivity index (χ0) is 43.0. The Morgan fingerprint density at radius 2 is 1.12 bits per heavy atom. The van der Waals surface area contributed by atoms with Gasteiger partial charge in [0, 0.05) is 70.8 Å². The lowest BCUT2D eigenvalue weighted by Crippen LogP contribution is -2.61. The van der Waals surface area contributed by atoms with Crippen LogP contribution >= 0.6 is 11.3 Å². The summed E-state index contributed by atoms with van der Waals surface area (Å²) in [6.07, 6.45) is 5.59. The summed E-state index contributed by atoms with van der Waals surface area (Å²) in [5.41, 5.74) is 18.9. The fourth-order valence-electron chi connectivity index (χ4n) is 13.0. The van der Waals surface area contributed by atoms with Gasteiger partial charge < -0.3 is 14.4 Å². The van der Waals surface area contributed by atoms with Gasteiger partial charge in [-0.3, -0.25) is 0 Å². The summed E-state index contributed by atoms with van der Waals surface area (Å²) < 4.78 is 5.19. The molecule has 0 N–H and O–H groups in total. The number of fused-ring (bicyclic) bond motifs is 12. The average molecular weight is 862 g/mol. The molecule has 2 saturated carbocycles. The van der Waals surface area contributed by atoms with Crippen LogP contribution < -0.4 is 26.2 Å². The molecule has 15 rings (SSSR count). The van der Waals surface area contributed by atoms with Crippen molar-refractivity contribution in [3.05, 3.63) is 206 Å². The standard InChI is InChI=1S/C61H44BN3S/c1-3-12-43(13-4-1)63-55-31-25-39(40-24-28-48-47-17-8-10-21-59(47)66-60(48)36-40)35-52(55)62-51-29-27-45(37-58(51)64(44-14-5-2-6-15-44)57-20-11-19-56(63)61(57)62)65-53-18-9-7-16-46(53)50-34-42(26-30-54(50)65)49-33-38-22-23-41(49)32-38/h1-21,24-31,34-38,41,49H,22-23,32-33H2. The fourth-order valence-corrected chi connectivity index (χ4v) is 14.2. The molecular formula is C61H44BN3S. The maximum Gasteiger partial charge on any atom is 0.252 e. The first-order valence-electron chi connectivity index (χ1n) is 23.8. The summed E-state index contributed by atoms with van der Waals surface area (Å²) in [7, 11) is 0. The van der Waals surface area contributed by atoms with E-state index in [1.54, 1.807) is 0 Å². The summed E-state index contributed by atoms with van der Waals surface area (Å²) in [5.74, 6) is 2.46. The fraction of sp³-hybridized carbons (Fsp3) is 0.115. The Morgan fingerprint density at radius 3 is 1.91 bits per heavy atom. The predicted octanol–water partition coefficient (Wildman–Crippen LogP) is 14.8. The highest BCUT2D eigenvalue weighted by Gasteiger charge is 2.44. The summed E-state index contributed by atoms with van der Waals surface area (Å²) >= 11 is 1.89. The second-order valence-electron chi connectivity index (χ2n) is 19.2. The number of aromatic nitrogens is 1. The molecule has 11 aromatic rings. The van der Waals surface area contributed by atoms with E-state index in [9.17, 15) is 0 Å². The second-order valence-corrected chi connectivity index (χ2v) is 20.3. The number of anilines is 6. The number of hydrogen-bond donors (Lipinski definition) is 0. The SMILES string of the molecule is c1ccc(N2c3ccc(-c4ccc5c(c4)sc4ccccc45)cc3B3c4ccc(-n5c6ccccc6c6cc(C7CC8CCC7C8)ccc65)cc4N(c4ccccc4)c4cccc2c43)cc1. The van der Waals surface area contributed by atoms with Crippen molar-refractivity contribution in [1.82, 2.24) is 4.57 Å². The van der Waals surface area contributed by atoms with Crippen LogP contribution in [0.15, 0.2) is 200 Å². The molecule has 3 unspecified atom stereocenters. The maximum absolute atomic E-state index is 2.56. The molecule has 0 saturated heterocycles. The predicted molar refractivity (Wildman–Crippen MR) is 281 cm³/mol. The molecule has 2 aliphatic heterocycles. The molecule has 9 aromatic carbocycles. The molecular weight excluding hydrogens is 818 g/mol. The van der Waals surface area contributed by atoms with E-state index in [1.165, 1.54) is 129 Å². The van der Waals surface area contributed by atoms with Gasteiger partial charge in [0.1, 0.15) is 0 Å². The Hall–Kier alpha value is -7.34. The lowest BCUT2D eigenvalue weighted by Gasteiger charge is -2.44. The quantitative estimate of drug-likeness (QED) is 0.160. The van der Waals surface area contributed by atoms with E-state index in [4.69, 9.17) is 0 Å². The van der Waals surface area contributed by atoms with Gasteiger partial charge in [-0.25, -0.2) is 0 Å². The van der Waals surface area contributed by atoms with E-state index in [2.05, 4.69) is 215 Å². The minimum absolute atomic E-state index is 0.00522. The number of hydrogen-bond acceptors (Lipinski definition) is 3. The Morgan fingerprint density at radius 1 is 0.424 bits per heavy atom. The molecule has 0 spiro atoms. The number of rotatable bonds is 5. The minimum atomic E-state index is 0.00522. The maximum atomic E-state index is 2.56. The first-order chi connectivity index (χ1) is 32.7. The van der Waals surface area contributed by atoms with Crippen LogP contribution in [0.3, 0.4) is 0 Å². The molecule has 2 aromatic heterocycles. The van der Waals surface area contributed by atoms with Crippen LogP contribution in [-0.4, -0.2) is 11.3 Å². The van der Waals surface area contributed by atoms with Gasteiger partial charge in [-0.1, -0.05) is 122 Å². The summed E-state index contributed by atoms with van der Waals surface area (Å²) in [4.78, 5) is 5.03. The number of nitrogens with zero attached hydrogens (tertiary/aromatic N) is 3. The molecule has 4 heterocycles. The molecule has 3 atom stereocenters. The molecule has 3 nitrogen and oxygen atoms in total. The molecule has 2 fully saturated rings. The summed E-state index contributed by atoms with van der Waals surface area (Å²) in [5, 5.41) is 5.35. The number of thiophene rings is 1. The topological polar surface area (TPSA) is 11.4 Å². The Bertz CT molecular complexity index is 3780. The molecule has 2 bridgehead atoms. The number of para-hydroxylation sites is 3. The van der Waals surface area contributed by atoms with E-state index in [1.807, 2.05) is 11.3 Å². The van der Waals surface area contributed by atoms with Crippen LogP contribution in [-0.2, 0) is 0 Å². The van der Waals surface area contributed by atoms with Crippen LogP contribution in [0, 0.1) is 11.8 Å². The van der Waals surface area contributed by atoms with Crippen molar-refractivity contribution in [2.45, 2.75) is 31.6 Å². The van der Waals surface area contributed by atoms with E-state index < -0.39 is 0 Å². The third kappa shape index (κ3) is 5.32. The van der Waals surface area contributed by atoms with Crippen LogP contribution in [0.5, 0.6) is 0 Å². The van der Waals surface area contributed by atoms with Gasteiger partial charge in [0.25, 0.3) is 6.71 Å². The molecule has 0 radical (unpaired) electrons. The molecule has 0 amide bonds. The largest absolute Gasteiger partial charge is 0.311 e. The lowest BCUT2D eigenvalue weighted by atomic mass is 9.33. The van der Waals surface area contributed by atoms with Crippen LogP contribution in [0.2, 0.25) is 0 Å². The highest BCUT2D eigenvalue weighted by atomic mass is 32.1. The molecule has 66 heavy (non-hydrogen) atoms. The van der Waals surface area contributed by atoms with Crippen molar-refractivity contribution >= 4 is 111 Å². The van der Waals surface area contributed by atoms with Gasteiger partial charge in [0.05, 0.1) is 11.0 Å². The van der Waals surface area contributed by atoms with Crippen molar-refractivity contribution in [3.63, 3.8) is 0 Å². The van der Waals surface area contributed by atoms with Gasteiger partial charge >= 0.3 is 0 Å². The Kier molecular flexibility index (Phi) is 7.88. The van der Waals surface area contributed by atoms with Crippen LogP contribution in [0.1, 0.15) is 37.2 Å². The number of benzene rings is 9. The lowest BCUT2D eigenvalue weighted by molar-refractivity contribution is 0.420. The Balaban J connectivity index is 0.955. The smallest absolute Gasteiger partial charge is 0.252 e. The molecule has 2 aliphatic carbocycles. The third-order valence-electron chi connectivity index (χ3n) is 15.8. The third-order valence-corrected chi connectivity index (χ3v) is 17.0. The van der Waals surface area contributed by atoms with Crippen LogP contribution in [0.4, 0.5) is 34.1 Å². The Labute approximate surface area is 388 Å². The van der Waals surface area contributed by atoms with Crippen molar-refractivity contribution < 1.29 is 0 Å². The van der Waals surface area contributed by atoms with Gasteiger partial charge in [-0.15, -0.1) is 11.3 Å².